The highest BCUT2D eigenvalue weighted by atomic mass is 16.5. The third kappa shape index (κ3) is 2.45. The van der Waals surface area contributed by atoms with Crippen molar-refractivity contribution in [1.29, 1.82) is 0 Å². The Bertz CT molecular complexity index is 716. The molecular weight excluding hydrogens is 250 g/mol. The SMILES string of the molecule is CCc1ccc(COc2ccc3c(N)n[nH]c3c2)cc1. The van der Waals surface area contributed by atoms with Crippen LogP contribution in [0, 0.1) is 0 Å². The molecule has 0 aliphatic heterocycles. The van der Waals surface area contributed by atoms with Crippen LogP contribution in [0.4, 0.5) is 5.82 Å². The summed E-state index contributed by atoms with van der Waals surface area (Å²) in [7, 11) is 0. The molecule has 0 spiro atoms. The van der Waals surface area contributed by atoms with Crippen molar-refractivity contribution in [2.24, 2.45) is 0 Å². The molecule has 0 bridgehead atoms. The molecule has 0 fully saturated rings. The quantitative estimate of drug-likeness (QED) is 0.762. The van der Waals surface area contributed by atoms with E-state index in [1.54, 1.807) is 0 Å². The fraction of sp³-hybridized carbons (Fsp3) is 0.188. The number of H-pyrrole nitrogens is 1. The largest absolute Gasteiger partial charge is 0.489 e. The number of hydrogen-bond acceptors (Lipinski definition) is 3. The maximum absolute atomic E-state index is 5.79. The van der Waals surface area contributed by atoms with Gasteiger partial charge in [0.15, 0.2) is 5.82 Å². The fourth-order valence-corrected chi connectivity index (χ4v) is 2.15. The Morgan fingerprint density at radius 1 is 1.10 bits per heavy atom. The molecule has 102 valence electrons. The topological polar surface area (TPSA) is 63.9 Å². The zero-order valence-electron chi connectivity index (χ0n) is 11.4. The van der Waals surface area contributed by atoms with Gasteiger partial charge in [-0.25, -0.2) is 0 Å². The number of rotatable bonds is 4. The van der Waals surface area contributed by atoms with Crippen LogP contribution in [0.2, 0.25) is 0 Å². The minimum atomic E-state index is 0.515. The molecular formula is C16H17N3O. The van der Waals surface area contributed by atoms with Crippen molar-refractivity contribution >= 4 is 16.7 Å². The van der Waals surface area contributed by atoms with E-state index in [0.717, 1.165) is 28.6 Å². The van der Waals surface area contributed by atoms with Crippen LogP contribution in [0.3, 0.4) is 0 Å². The number of hydrogen-bond donors (Lipinski definition) is 2. The van der Waals surface area contributed by atoms with E-state index in [9.17, 15) is 0 Å². The molecule has 1 heterocycles. The predicted octanol–water partition coefficient (Wildman–Crippen LogP) is 3.29. The molecule has 3 rings (SSSR count). The molecule has 2 aromatic carbocycles. The standard InChI is InChI=1S/C16H17N3O/c1-2-11-3-5-12(6-4-11)10-20-13-7-8-14-15(9-13)18-19-16(14)17/h3-9H,2,10H2,1H3,(H3,17,18,19). The van der Waals surface area contributed by atoms with Gasteiger partial charge in [-0.15, -0.1) is 0 Å². The van der Waals surface area contributed by atoms with Gasteiger partial charge in [0, 0.05) is 11.5 Å². The van der Waals surface area contributed by atoms with E-state index in [4.69, 9.17) is 10.5 Å². The second kappa shape index (κ2) is 5.25. The van der Waals surface area contributed by atoms with E-state index in [2.05, 4.69) is 41.4 Å². The number of nitrogens with zero attached hydrogens (tertiary/aromatic N) is 1. The highest BCUT2D eigenvalue weighted by Crippen LogP contribution is 2.23. The normalized spacial score (nSPS) is 10.8. The maximum atomic E-state index is 5.79. The van der Waals surface area contributed by atoms with Crippen LogP contribution in [0.5, 0.6) is 5.75 Å². The van der Waals surface area contributed by atoms with Gasteiger partial charge >= 0.3 is 0 Å². The lowest BCUT2D eigenvalue weighted by atomic mass is 10.1. The van der Waals surface area contributed by atoms with Crippen molar-refractivity contribution in [1.82, 2.24) is 10.2 Å². The lowest BCUT2D eigenvalue weighted by Crippen LogP contribution is -1.95. The number of fused-ring (bicyclic) bond motifs is 1. The number of aryl methyl sites for hydroxylation is 1. The first-order valence-electron chi connectivity index (χ1n) is 6.70. The summed E-state index contributed by atoms with van der Waals surface area (Å²) in [5.74, 6) is 1.32. The smallest absolute Gasteiger partial charge is 0.153 e. The molecule has 20 heavy (non-hydrogen) atoms. The minimum absolute atomic E-state index is 0.515. The number of aromatic nitrogens is 2. The molecule has 3 N–H and O–H groups in total. The van der Waals surface area contributed by atoms with Crippen LogP contribution >= 0.6 is 0 Å². The Hall–Kier alpha value is -2.49. The Balaban J connectivity index is 1.72. The molecule has 3 aromatic rings. The van der Waals surface area contributed by atoms with Crippen molar-refractivity contribution in [2.45, 2.75) is 20.0 Å². The maximum Gasteiger partial charge on any atom is 0.153 e. The van der Waals surface area contributed by atoms with Crippen LogP contribution in [0.1, 0.15) is 18.1 Å². The highest BCUT2D eigenvalue weighted by molar-refractivity contribution is 5.89. The lowest BCUT2D eigenvalue weighted by molar-refractivity contribution is 0.306. The van der Waals surface area contributed by atoms with Gasteiger partial charge in [0.2, 0.25) is 0 Å². The Kier molecular flexibility index (Phi) is 3.29. The number of nitrogen functional groups attached to an aromatic ring is 1. The van der Waals surface area contributed by atoms with Crippen LogP contribution in [0.15, 0.2) is 42.5 Å². The van der Waals surface area contributed by atoms with Crippen LogP contribution in [-0.2, 0) is 13.0 Å². The van der Waals surface area contributed by atoms with Crippen molar-refractivity contribution in [3.8, 4) is 5.75 Å². The molecule has 0 radical (unpaired) electrons. The monoisotopic (exact) mass is 267 g/mol. The summed E-state index contributed by atoms with van der Waals surface area (Å²) in [6.45, 7) is 2.70. The molecule has 0 aliphatic carbocycles. The van der Waals surface area contributed by atoms with Crippen molar-refractivity contribution in [3.63, 3.8) is 0 Å². The summed E-state index contributed by atoms with van der Waals surface area (Å²) in [6.07, 6.45) is 1.05. The molecule has 0 atom stereocenters. The molecule has 4 nitrogen and oxygen atoms in total. The molecule has 0 amide bonds. The number of nitrogens with two attached hydrogens (primary N) is 1. The molecule has 0 unspecified atom stereocenters. The number of ether oxygens (including phenoxy) is 1. The summed E-state index contributed by atoms with van der Waals surface area (Å²) < 4.78 is 5.79. The summed E-state index contributed by atoms with van der Waals surface area (Å²) in [6, 6.07) is 14.2. The van der Waals surface area contributed by atoms with E-state index in [-0.39, 0.29) is 0 Å². The Labute approximate surface area is 117 Å². The van der Waals surface area contributed by atoms with Gasteiger partial charge in [-0.1, -0.05) is 31.2 Å². The first-order chi connectivity index (χ1) is 9.76. The van der Waals surface area contributed by atoms with Gasteiger partial charge in [0.1, 0.15) is 12.4 Å². The van der Waals surface area contributed by atoms with E-state index in [0.29, 0.717) is 12.4 Å². The predicted molar refractivity (Wildman–Crippen MR) is 80.7 cm³/mol. The Morgan fingerprint density at radius 3 is 2.60 bits per heavy atom. The van der Waals surface area contributed by atoms with Gasteiger partial charge in [-0.05, 0) is 29.7 Å². The highest BCUT2D eigenvalue weighted by Gasteiger charge is 2.03. The first-order valence-corrected chi connectivity index (χ1v) is 6.70. The summed E-state index contributed by atoms with van der Waals surface area (Å²) in [5, 5.41) is 7.78. The third-order valence-electron chi connectivity index (χ3n) is 3.40. The second-order valence-electron chi connectivity index (χ2n) is 4.77. The molecule has 0 saturated heterocycles. The third-order valence-corrected chi connectivity index (χ3v) is 3.40. The van der Waals surface area contributed by atoms with Crippen LogP contribution in [-0.4, -0.2) is 10.2 Å². The van der Waals surface area contributed by atoms with Gasteiger partial charge < -0.3 is 10.5 Å². The van der Waals surface area contributed by atoms with Crippen molar-refractivity contribution in [3.05, 3.63) is 53.6 Å². The van der Waals surface area contributed by atoms with E-state index in [1.165, 1.54) is 5.56 Å². The van der Waals surface area contributed by atoms with Gasteiger partial charge in [-0.2, -0.15) is 5.10 Å². The molecule has 4 heteroatoms. The minimum Gasteiger partial charge on any atom is -0.489 e. The summed E-state index contributed by atoms with van der Waals surface area (Å²) in [5.41, 5.74) is 9.12. The summed E-state index contributed by atoms with van der Waals surface area (Å²) >= 11 is 0. The van der Waals surface area contributed by atoms with Crippen LogP contribution in [0.25, 0.3) is 10.9 Å². The Morgan fingerprint density at radius 2 is 1.85 bits per heavy atom. The average Bonchev–Trinajstić information content (AvgIpc) is 2.87. The first kappa shape index (κ1) is 12.5. The number of nitrogens with one attached hydrogen (secondary N) is 1. The van der Waals surface area contributed by atoms with E-state index >= 15 is 0 Å². The van der Waals surface area contributed by atoms with Gasteiger partial charge in [-0.3, -0.25) is 5.10 Å². The summed E-state index contributed by atoms with van der Waals surface area (Å²) in [4.78, 5) is 0. The molecule has 0 aliphatic rings. The number of aromatic amines is 1. The van der Waals surface area contributed by atoms with Crippen molar-refractivity contribution in [2.75, 3.05) is 5.73 Å². The van der Waals surface area contributed by atoms with Crippen LogP contribution < -0.4 is 10.5 Å². The average molecular weight is 267 g/mol. The second-order valence-corrected chi connectivity index (χ2v) is 4.77. The van der Waals surface area contributed by atoms with Gasteiger partial charge in [0.05, 0.1) is 5.52 Å². The molecule has 1 aromatic heterocycles. The zero-order chi connectivity index (χ0) is 13.9. The fourth-order valence-electron chi connectivity index (χ4n) is 2.15. The zero-order valence-corrected chi connectivity index (χ0v) is 11.4. The number of benzene rings is 2. The molecule has 0 saturated carbocycles. The van der Waals surface area contributed by atoms with Crippen molar-refractivity contribution < 1.29 is 4.74 Å². The van der Waals surface area contributed by atoms with E-state index in [1.807, 2.05) is 18.2 Å². The van der Waals surface area contributed by atoms with E-state index < -0.39 is 0 Å². The van der Waals surface area contributed by atoms with Gasteiger partial charge in [0.25, 0.3) is 0 Å². The lowest BCUT2D eigenvalue weighted by Gasteiger charge is -2.07. The number of anilines is 1.